The van der Waals surface area contributed by atoms with E-state index in [-0.39, 0.29) is 0 Å². The summed E-state index contributed by atoms with van der Waals surface area (Å²) in [6.45, 7) is 4.13. The quantitative estimate of drug-likeness (QED) is 0.623. The van der Waals surface area contributed by atoms with Crippen molar-refractivity contribution in [3.8, 4) is 11.3 Å². The molecule has 0 atom stereocenters. The van der Waals surface area contributed by atoms with Gasteiger partial charge >= 0.3 is 0 Å². The predicted molar refractivity (Wildman–Crippen MR) is 76.3 cm³/mol. The minimum atomic E-state index is 0.638. The van der Waals surface area contributed by atoms with Gasteiger partial charge in [0, 0.05) is 16.2 Å². The van der Waals surface area contributed by atoms with Gasteiger partial charge in [-0.2, -0.15) is 0 Å². The highest BCUT2D eigenvalue weighted by Gasteiger charge is 2.03. The van der Waals surface area contributed by atoms with Crippen molar-refractivity contribution in [3.63, 3.8) is 0 Å². The van der Waals surface area contributed by atoms with Gasteiger partial charge in [0.15, 0.2) is 4.73 Å². The van der Waals surface area contributed by atoms with Crippen molar-refractivity contribution in [1.29, 1.82) is 0 Å². The Kier molecular flexibility index (Phi) is 4.18. The van der Waals surface area contributed by atoms with Crippen LogP contribution >= 0.6 is 27.7 Å². The Morgan fingerprint density at radius 3 is 2.47 bits per heavy atom. The molecule has 4 heteroatoms. The van der Waals surface area contributed by atoms with Gasteiger partial charge in [-0.1, -0.05) is 19.1 Å². The Morgan fingerprint density at radius 1 is 1.18 bits per heavy atom. The van der Waals surface area contributed by atoms with Crippen molar-refractivity contribution in [2.45, 2.75) is 18.7 Å². The number of benzene rings is 1. The molecule has 0 fully saturated rings. The molecular weight excluding hydrogens is 296 g/mol. The Bertz CT molecular complexity index is 491. The van der Waals surface area contributed by atoms with Crippen LogP contribution < -0.4 is 0 Å². The van der Waals surface area contributed by atoms with Gasteiger partial charge in [-0.25, -0.2) is 9.97 Å². The van der Waals surface area contributed by atoms with Crippen LogP contribution in [0.15, 0.2) is 40.0 Å². The summed E-state index contributed by atoms with van der Waals surface area (Å²) in [4.78, 5) is 9.88. The summed E-state index contributed by atoms with van der Waals surface area (Å²) in [5.74, 6) is 1.09. The van der Waals surface area contributed by atoms with Gasteiger partial charge < -0.3 is 0 Å². The number of hydrogen-bond donors (Lipinski definition) is 0. The maximum atomic E-state index is 4.38. The van der Waals surface area contributed by atoms with Gasteiger partial charge in [-0.3, -0.25) is 0 Å². The smallest absolute Gasteiger partial charge is 0.197 e. The fourth-order valence-electron chi connectivity index (χ4n) is 1.57. The first-order chi connectivity index (χ1) is 8.19. The van der Waals surface area contributed by atoms with Crippen LogP contribution in [0.4, 0.5) is 0 Å². The van der Waals surface area contributed by atoms with Crippen molar-refractivity contribution in [2.75, 3.05) is 5.75 Å². The summed E-state index contributed by atoms with van der Waals surface area (Å²) in [6, 6.07) is 10.5. The lowest BCUT2D eigenvalue weighted by Crippen LogP contribution is -1.90. The van der Waals surface area contributed by atoms with Crippen molar-refractivity contribution in [3.05, 3.63) is 40.8 Å². The summed E-state index contributed by atoms with van der Waals surface area (Å²) < 4.78 is 0.638. The number of aryl methyl sites for hydroxylation is 1. The fraction of sp³-hybridized carbons (Fsp3) is 0.231. The molecule has 0 saturated carbocycles. The van der Waals surface area contributed by atoms with E-state index in [0.717, 1.165) is 22.7 Å². The highest BCUT2D eigenvalue weighted by molar-refractivity contribution is 9.10. The van der Waals surface area contributed by atoms with Gasteiger partial charge in [0.05, 0.1) is 5.69 Å². The van der Waals surface area contributed by atoms with Crippen molar-refractivity contribution >= 4 is 27.7 Å². The molecule has 0 saturated heterocycles. The largest absolute Gasteiger partial charge is 0.227 e. The van der Waals surface area contributed by atoms with Crippen LogP contribution in [-0.4, -0.2) is 15.7 Å². The Balaban J connectivity index is 2.32. The van der Waals surface area contributed by atoms with Crippen LogP contribution in [0.25, 0.3) is 11.3 Å². The predicted octanol–water partition coefficient (Wildman–Crippen LogP) is 4.33. The number of halogens is 1. The third-order valence-electron chi connectivity index (χ3n) is 2.29. The molecule has 88 valence electrons. The third-order valence-corrected chi connectivity index (χ3v) is 3.54. The molecule has 0 spiro atoms. The van der Waals surface area contributed by atoms with E-state index in [1.807, 2.05) is 24.8 Å². The molecule has 1 aromatic carbocycles. The molecule has 0 aliphatic rings. The molecule has 0 aliphatic carbocycles. The minimum Gasteiger partial charge on any atom is -0.227 e. The fourth-order valence-corrected chi connectivity index (χ4v) is 2.70. The lowest BCUT2D eigenvalue weighted by Gasteiger charge is -2.04. The second-order valence-electron chi connectivity index (χ2n) is 3.62. The highest BCUT2D eigenvalue weighted by Crippen LogP contribution is 2.23. The Labute approximate surface area is 114 Å². The average Bonchev–Trinajstić information content (AvgIpc) is 2.29. The summed E-state index contributed by atoms with van der Waals surface area (Å²) >= 11 is 5.17. The SMILES string of the molecule is CCSc1ccc(-c2cc(C)nc(Br)n2)cc1. The summed E-state index contributed by atoms with van der Waals surface area (Å²) in [5.41, 5.74) is 3.04. The molecule has 2 aromatic rings. The van der Waals surface area contributed by atoms with Gasteiger partial charge in [0.25, 0.3) is 0 Å². The molecule has 0 aliphatic heterocycles. The van der Waals surface area contributed by atoms with E-state index in [4.69, 9.17) is 0 Å². The van der Waals surface area contributed by atoms with E-state index < -0.39 is 0 Å². The first-order valence-electron chi connectivity index (χ1n) is 5.43. The first kappa shape index (κ1) is 12.6. The van der Waals surface area contributed by atoms with E-state index in [9.17, 15) is 0 Å². The average molecular weight is 309 g/mol. The maximum Gasteiger partial charge on any atom is 0.197 e. The minimum absolute atomic E-state index is 0.638. The van der Waals surface area contributed by atoms with E-state index in [2.05, 4.69) is 57.1 Å². The number of aromatic nitrogens is 2. The van der Waals surface area contributed by atoms with Crippen LogP contribution in [0.1, 0.15) is 12.6 Å². The summed E-state index contributed by atoms with van der Waals surface area (Å²) in [7, 11) is 0. The molecule has 0 amide bonds. The summed E-state index contributed by atoms with van der Waals surface area (Å²) in [5, 5.41) is 0. The van der Waals surface area contributed by atoms with E-state index in [1.165, 1.54) is 4.90 Å². The van der Waals surface area contributed by atoms with Gasteiger partial charge in [-0.15, -0.1) is 11.8 Å². The zero-order valence-electron chi connectivity index (χ0n) is 9.77. The summed E-state index contributed by atoms with van der Waals surface area (Å²) in [6.07, 6.45) is 0. The van der Waals surface area contributed by atoms with E-state index >= 15 is 0 Å². The topological polar surface area (TPSA) is 25.8 Å². The highest BCUT2D eigenvalue weighted by atomic mass is 79.9. The van der Waals surface area contributed by atoms with Crippen LogP contribution in [0.2, 0.25) is 0 Å². The van der Waals surface area contributed by atoms with Gasteiger partial charge in [0.1, 0.15) is 0 Å². The maximum absolute atomic E-state index is 4.38. The van der Waals surface area contributed by atoms with Crippen LogP contribution in [0.3, 0.4) is 0 Å². The third kappa shape index (κ3) is 3.30. The van der Waals surface area contributed by atoms with Crippen LogP contribution in [-0.2, 0) is 0 Å². The molecule has 2 rings (SSSR count). The number of rotatable bonds is 3. The Morgan fingerprint density at radius 2 is 1.88 bits per heavy atom. The zero-order chi connectivity index (χ0) is 12.3. The molecule has 0 unspecified atom stereocenters. The lowest BCUT2D eigenvalue weighted by atomic mass is 10.1. The number of hydrogen-bond acceptors (Lipinski definition) is 3. The van der Waals surface area contributed by atoms with Crippen LogP contribution in [0, 0.1) is 6.92 Å². The monoisotopic (exact) mass is 308 g/mol. The molecule has 0 N–H and O–H groups in total. The molecule has 1 heterocycles. The molecule has 2 nitrogen and oxygen atoms in total. The van der Waals surface area contributed by atoms with E-state index in [1.54, 1.807) is 0 Å². The first-order valence-corrected chi connectivity index (χ1v) is 7.21. The van der Waals surface area contributed by atoms with Gasteiger partial charge in [0.2, 0.25) is 0 Å². The molecule has 0 radical (unpaired) electrons. The normalized spacial score (nSPS) is 10.5. The molecule has 0 bridgehead atoms. The van der Waals surface area contributed by atoms with Crippen molar-refractivity contribution < 1.29 is 0 Å². The molecular formula is C13H13BrN2S. The second-order valence-corrected chi connectivity index (χ2v) is 5.67. The van der Waals surface area contributed by atoms with Gasteiger partial charge in [-0.05, 0) is 46.8 Å². The van der Waals surface area contributed by atoms with E-state index in [0.29, 0.717) is 4.73 Å². The second kappa shape index (κ2) is 5.65. The zero-order valence-corrected chi connectivity index (χ0v) is 12.2. The molecule has 17 heavy (non-hydrogen) atoms. The number of nitrogens with zero attached hydrogens (tertiary/aromatic N) is 2. The molecule has 1 aromatic heterocycles. The van der Waals surface area contributed by atoms with Crippen molar-refractivity contribution in [2.24, 2.45) is 0 Å². The van der Waals surface area contributed by atoms with Crippen molar-refractivity contribution in [1.82, 2.24) is 9.97 Å². The van der Waals surface area contributed by atoms with Crippen LogP contribution in [0.5, 0.6) is 0 Å². The standard InChI is InChI=1S/C13H13BrN2S/c1-3-17-11-6-4-10(5-7-11)12-8-9(2)15-13(14)16-12/h4-8H,3H2,1-2H3. The lowest BCUT2D eigenvalue weighted by molar-refractivity contribution is 1.06. The number of thioether (sulfide) groups is 1. The Hall–Kier alpha value is -0.870.